The molecule has 0 saturated heterocycles. The van der Waals surface area contributed by atoms with Gasteiger partial charge in [0.2, 0.25) is 0 Å². The van der Waals surface area contributed by atoms with Gasteiger partial charge in [-0.15, -0.1) is 0 Å². The first kappa shape index (κ1) is 9.73. The lowest BCUT2D eigenvalue weighted by atomic mass is 10.2. The molecule has 15 heavy (non-hydrogen) atoms. The molecule has 2 rings (SSSR count). The van der Waals surface area contributed by atoms with Crippen molar-refractivity contribution in [3.63, 3.8) is 0 Å². The fraction of sp³-hybridized carbons (Fsp3) is 0.182. The van der Waals surface area contributed by atoms with Crippen LogP contribution in [0.4, 0.5) is 0 Å². The van der Waals surface area contributed by atoms with Crippen LogP contribution in [0.2, 0.25) is 0 Å². The number of aliphatic hydroxyl groups is 1. The van der Waals surface area contributed by atoms with E-state index in [0.29, 0.717) is 12.4 Å². The summed E-state index contributed by atoms with van der Waals surface area (Å²) < 4.78 is 5.52. The Morgan fingerprint density at radius 3 is 2.93 bits per heavy atom. The van der Waals surface area contributed by atoms with Gasteiger partial charge >= 0.3 is 0 Å². The zero-order chi connectivity index (χ0) is 10.5. The van der Waals surface area contributed by atoms with Crippen LogP contribution in [0.15, 0.2) is 36.7 Å². The molecule has 0 spiro atoms. The van der Waals surface area contributed by atoms with Crippen molar-refractivity contribution in [2.75, 3.05) is 0 Å². The smallest absolute Gasteiger partial charge is 0.146 e. The SMILES string of the molecule is OCc1ccccc1OCc1ncc[nH]1. The number of rotatable bonds is 4. The van der Waals surface area contributed by atoms with Gasteiger partial charge in [0.25, 0.3) is 0 Å². The summed E-state index contributed by atoms with van der Waals surface area (Å²) in [4.78, 5) is 6.99. The lowest BCUT2D eigenvalue weighted by Crippen LogP contribution is -1.99. The van der Waals surface area contributed by atoms with E-state index in [-0.39, 0.29) is 6.61 Å². The van der Waals surface area contributed by atoms with Crippen molar-refractivity contribution in [3.05, 3.63) is 48.0 Å². The number of aromatic nitrogens is 2. The molecule has 1 heterocycles. The maximum atomic E-state index is 9.07. The van der Waals surface area contributed by atoms with Gasteiger partial charge in [-0.1, -0.05) is 18.2 Å². The monoisotopic (exact) mass is 204 g/mol. The van der Waals surface area contributed by atoms with Crippen molar-refractivity contribution >= 4 is 0 Å². The predicted molar refractivity (Wildman–Crippen MR) is 55.3 cm³/mol. The van der Waals surface area contributed by atoms with E-state index in [2.05, 4.69) is 9.97 Å². The molecule has 4 nitrogen and oxygen atoms in total. The first-order valence-corrected chi connectivity index (χ1v) is 4.70. The Labute approximate surface area is 87.6 Å². The first-order valence-electron chi connectivity index (χ1n) is 4.70. The van der Waals surface area contributed by atoms with E-state index >= 15 is 0 Å². The number of hydrogen-bond acceptors (Lipinski definition) is 3. The van der Waals surface area contributed by atoms with Crippen molar-refractivity contribution in [1.29, 1.82) is 0 Å². The minimum absolute atomic E-state index is 0.0195. The van der Waals surface area contributed by atoms with Crippen molar-refractivity contribution in [2.24, 2.45) is 0 Å². The number of nitrogens with one attached hydrogen (secondary N) is 1. The number of imidazole rings is 1. The van der Waals surface area contributed by atoms with Crippen LogP contribution < -0.4 is 4.74 Å². The van der Waals surface area contributed by atoms with E-state index in [9.17, 15) is 0 Å². The molecule has 2 aromatic rings. The molecule has 0 saturated carbocycles. The van der Waals surface area contributed by atoms with Crippen LogP contribution in [-0.4, -0.2) is 15.1 Å². The van der Waals surface area contributed by atoms with Crippen LogP contribution in [-0.2, 0) is 13.2 Å². The molecule has 0 aliphatic heterocycles. The highest BCUT2D eigenvalue weighted by molar-refractivity contribution is 5.32. The second-order valence-corrected chi connectivity index (χ2v) is 3.09. The fourth-order valence-electron chi connectivity index (χ4n) is 1.30. The van der Waals surface area contributed by atoms with Gasteiger partial charge in [-0.3, -0.25) is 0 Å². The zero-order valence-corrected chi connectivity index (χ0v) is 8.18. The van der Waals surface area contributed by atoms with E-state index in [1.54, 1.807) is 12.4 Å². The molecule has 0 aliphatic rings. The summed E-state index contributed by atoms with van der Waals surface area (Å²) in [5.41, 5.74) is 0.782. The van der Waals surface area contributed by atoms with E-state index in [4.69, 9.17) is 9.84 Å². The Morgan fingerprint density at radius 1 is 1.33 bits per heavy atom. The van der Waals surface area contributed by atoms with Crippen LogP contribution in [0.5, 0.6) is 5.75 Å². The Kier molecular flexibility index (Phi) is 2.99. The van der Waals surface area contributed by atoms with Gasteiger partial charge in [0.05, 0.1) is 6.61 Å². The number of aliphatic hydroxyl groups excluding tert-OH is 1. The van der Waals surface area contributed by atoms with Gasteiger partial charge in [0.1, 0.15) is 18.2 Å². The van der Waals surface area contributed by atoms with Crippen LogP contribution in [0.25, 0.3) is 0 Å². The predicted octanol–water partition coefficient (Wildman–Crippen LogP) is 1.48. The third-order valence-corrected chi connectivity index (χ3v) is 2.06. The van der Waals surface area contributed by atoms with Crippen molar-refractivity contribution in [2.45, 2.75) is 13.2 Å². The van der Waals surface area contributed by atoms with Crippen molar-refractivity contribution < 1.29 is 9.84 Å². The molecule has 0 unspecified atom stereocenters. The fourth-order valence-corrected chi connectivity index (χ4v) is 1.30. The average molecular weight is 204 g/mol. The maximum absolute atomic E-state index is 9.07. The van der Waals surface area contributed by atoms with Crippen LogP contribution >= 0.6 is 0 Å². The molecule has 0 atom stereocenters. The summed E-state index contributed by atoms with van der Waals surface area (Å²) in [5.74, 6) is 1.46. The van der Waals surface area contributed by atoms with Gasteiger partial charge in [-0.05, 0) is 6.07 Å². The molecule has 1 aromatic carbocycles. The Bertz CT molecular complexity index is 412. The highest BCUT2D eigenvalue weighted by Crippen LogP contribution is 2.18. The first-order chi connectivity index (χ1) is 7.40. The molecule has 78 valence electrons. The minimum Gasteiger partial charge on any atom is -0.485 e. The molecule has 0 amide bonds. The van der Waals surface area contributed by atoms with Crippen LogP contribution in [0, 0.1) is 0 Å². The van der Waals surface area contributed by atoms with E-state index in [0.717, 1.165) is 11.4 Å². The van der Waals surface area contributed by atoms with Crippen LogP contribution in [0.1, 0.15) is 11.4 Å². The normalized spacial score (nSPS) is 10.2. The Hall–Kier alpha value is -1.81. The molecule has 2 N–H and O–H groups in total. The number of benzene rings is 1. The lowest BCUT2D eigenvalue weighted by Gasteiger charge is -2.07. The molecular weight excluding hydrogens is 192 g/mol. The summed E-state index contributed by atoms with van der Waals surface area (Å²) in [6.45, 7) is 0.359. The zero-order valence-electron chi connectivity index (χ0n) is 8.18. The largest absolute Gasteiger partial charge is 0.485 e. The van der Waals surface area contributed by atoms with E-state index < -0.39 is 0 Å². The molecule has 0 fully saturated rings. The van der Waals surface area contributed by atoms with Crippen molar-refractivity contribution in [3.8, 4) is 5.75 Å². The minimum atomic E-state index is -0.0195. The van der Waals surface area contributed by atoms with Gasteiger partial charge in [-0.2, -0.15) is 0 Å². The van der Waals surface area contributed by atoms with Crippen LogP contribution in [0.3, 0.4) is 0 Å². The highest BCUT2D eigenvalue weighted by Gasteiger charge is 2.02. The summed E-state index contributed by atoms with van der Waals surface area (Å²) in [5, 5.41) is 9.07. The summed E-state index contributed by atoms with van der Waals surface area (Å²) in [6.07, 6.45) is 3.42. The summed E-state index contributed by atoms with van der Waals surface area (Å²) in [6, 6.07) is 7.40. The van der Waals surface area contributed by atoms with E-state index in [1.165, 1.54) is 0 Å². The number of hydrogen-bond donors (Lipinski definition) is 2. The second kappa shape index (κ2) is 4.61. The third-order valence-electron chi connectivity index (χ3n) is 2.06. The standard InChI is InChI=1S/C11H12N2O2/c14-7-9-3-1-2-4-10(9)15-8-11-12-5-6-13-11/h1-6,14H,7-8H2,(H,12,13). The molecule has 4 heteroatoms. The highest BCUT2D eigenvalue weighted by atomic mass is 16.5. The maximum Gasteiger partial charge on any atom is 0.146 e. The van der Waals surface area contributed by atoms with Gasteiger partial charge in [-0.25, -0.2) is 4.98 Å². The molecule has 0 radical (unpaired) electrons. The van der Waals surface area contributed by atoms with Crippen molar-refractivity contribution in [1.82, 2.24) is 9.97 Å². The van der Waals surface area contributed by atoms with Gasteiger partial charge in [0.15, 0.2) is 0 Å². The topological polar surface area (TPSA) is 58.1 Å². The van der Waals surface area contributed by atoms with E-state index in [1.807, 2.05) is 24.3 Å². The Morgan fingerprint density at radius 2 is 2.20 bits per heavy atom. The molecular formula is C11H12N2O2. The molecule has 1 aromatic heterocycles. The number of nitrogens with zero attached hydrogens (tertiary/aromatic N) is 1. The average Bonchev–Trinajstić information content (AvgIpc) is 2.79. The van der Waals surface area contributed by atoms with Gasteiger partial charge in [0, 0.05) is 18.0 Å². The Balaban J connectivity index is 2.04. The molecule has 0 bridgehead atoms. The van der Waals surface area contributed by atoms with Gasteiger partial charge < -0.3 is 14.8 Å². The second-order valence-electron chi connectivity index (χ2n) is 3.09. The quantitative estimate of drug-likeness (QED) is 0.793. The summed E-state index contributed by atoms with van der Waals surface area (Å²) in [7, 11) is 0. The lowest BCUT2D eigenvalue weighted by molar-refractivity contribution is 0.256. The number of H-pyrrole nitrogens is 1. The number of aromatic amines is 1. The number of para-hydroxylation sites is 1. The third kappa shape index (κ3) is 2.35. The number of ether oxygens (including phenoxy) is 1. The molecule has 0 aliphatic carbocycles. The summed E-state index contributed by atoms with van der Waals surface area (Å²) >= 11 is 0.